The van der Waals surface area contributed by atoms with Crippen molar-refractivity contribution in [3.05, 3.63) is 34.1 Å². The lowest BCUT2D eigenvalue weighted by Gasteiger charge is -2.17. The number of thioether (sulfide) groups is 1. The smallest absolute Gasteiger partial charge is 0.137 e. The first-order valence-corrected chi connectivity index (χ1v) is 7.86. The van der Waals surface area contributed by atoms with Gasteiger partial charge in [0.2, 0.25) is 0 Å². The molecule has 0 spiro atoms. The van der Waals surface area contributed by atoms with E-state index in [0.717, 1.165) is 31.1 Å². The molecule has 0 aromatic heterocycles. The van der Waals surface area contributed by atoms with Crippen LogP contribution >= 0.6 is 27.7 Å². The summed E-state index contributed by atoms with van der Waals surface area (Å²) < 4.78 is 13.6. The van der Waals surface area contributed by atoms with Crippen LogP contribution in [0, 0.1) is 5.82 Å². The zero-order valence-electron chi connectivity index (χ0n) is 10.4. The van der Waals surface area contributed by atoms with Crippen molar-refractivity contribution in [2.24, 2.45) is 0 Å². The van der Waals surface area contributed by atoms with Gasteiger partial charge in [-0.2, -0.15) is 11.8 Å². The molecule has 0 bridgehead atoms. The lowest BCUT2D eigenvalue weighted by Crippen LogP contribution is -2.25. The lowest BCUT2D eigenvalue weighted by atomic mass is 10.2. The molecule has 0 aliphatic heterocycles. The average Bonchev–Trinajstić information content (AvgIpc) is 2.34. The third-order valence-corrected chi connectivity index (χ3v) is 4.32. The summed E-state index contributed by atoms with van der Waals surface area (Å²) in [6.07, 6.45) is 0. The van der Waals surface area contributed by atoms with E-state index in [9.17, 15) is 4.39 Å². The van der Waals surface area contributed by atoms with Crippen molar-refractivity contribution in [1.82, 2.24) is 4.90 Å². The predicted octanol–water partition coefficient (Wildman–Crippen LogP) is 4.16. The highest BCUT2D eigenvalue weighted by molar-refractivity contribution is 9.10. The Hall–Kier alpha value is -0.0600. The second-order valence-corrected chi connectivity index (χ2v) is 5.79. The van der Waals surface area contributed by atoms with E-state index in [2.05, 4.69) is 34.7 Å². The van der Waals surface area contributed by atoms with Crippen molar-refractivity contribution < 1.29 is 4.39 Å². The lowest BCUT2D eigenvalue weighted by molar-refractivity contribution is 0.324. The molecule has 0 saturated heterocycles. The van der Waals surface area contributed by atoms with Crippen LogP contribution in [0.15, 0.2) is 22.7 Å². The average molecular weight is 320 g/mol. The largest absolute Gasteiger partial charge is 0.303 e. The van der Waals surface area contributed by atoms with E-state index < -0.39 is 0 Å². The quantitative estimate of drug-likeness (QED) is 0.694. The van der Waals surface area contributed by atoms with E-state index in [1.54, 1.807) is 0 Å². The second kappa shape index (κ2) is 8.11. The standard InChI is InChI=1S/C13H19BrFNS/c1-3-16(4-2)7-8-17-10-11-5-6-13(15)12(14)9-11/h5-6,9H,3-4,7-8,10H2,1-2H3. The molecule has 4 heteroatoms. The first-order valence-electron chi connectivity index (χ1n) is 5.91. The van der Waals surface area contributed by atoms with Crippen LogP contribution < -0.4 is 0 Å². The SMILES string of the molecule is CCN(CC)CCSCc1ccc(F)c(Br)c1. The van der Waals surface area contributed by atoms with Gasteiger partial charge in [0.1, 0.15) is 5.82 Å². The van der Waals surface area contributed by atoms with Crippen LogP contribution in [0.3, 0.4) is 0 Å². The van der Waals surface area contributed by atoms with Crippen LogP contribution in [0.1, 0.15) is 19.4 Å². The van der Waals surface area contributed by atoms with E-state index in [1.807, 2.05) is 23.9 Å². The zero-order chi connectivity index (χ0) is 12.7. The van der Waals surface area contributed by atoms with Gasteiger partial charge in [0, 0.05) is 18.1 Å². The molecule has 0 saturated carbocycles. The summed E-state index contributed by atoms with van der Waals surface area (Å²) in [4.78, 5) is 2.41. The van der Waals surface area contributed by atoms with Crippen LogP contribution in [0.4, 0.5) is 4.39 Å². The van der Waals surface area contributed by atoms with Crippen LogP contribution in [0.5, 0.6) is 0 Å². The molecule has 0 fully saturated rings. The number of rotatable bonds is 7. The summed E-state index contributed by atoms with van der Waals surface area (Å²) in [5.74, 6) is 1.87. The number of benzene rings is 1. The van der Waals surface area contributed by atoms with Gasteiger partial charge < -0.3 is 4.90 Å². The minimum absolute atomic E-state index is 0.193. The Bertz CT molecular complexity index is 342. The minimum atomic E-state index is -0.193. The molecule has 0 atom stereocenters. The highest BCUT2D eigenvalue weighted by Crippen LogP contribution is 2.20. The number of halogens is 2. The van der Waals surface area contributed by atoms with Gasteiger partial charge in [0.15, 0.2) is 0 Å². The Morgan fingerprint density at radius 3 is 2.59 bits per heavy atom. The van der Waals surface area contributed by atoms with Gasteiger partial charge in [-0.1, -0.05) is 19.9 Å². The van der Waals surface area contributed by atoms with E-state index in [4.69, 9.17) is 0 Å². The van der Waals surface area contributed by atoms with E-state index in [-0.39, 0.29) is 5.82 Å². The number of hydrogen-bond donors (Lipinski definition) is 0. The molecule has 0 N–H and O–H groups in total. The van der Waals surface area contributed by atoms with Crippen molar-refractivity contribution in [2.45, 2.75) is 19.6 Å². The molecule has 17 heavy (non-hydrogen) atoms. The first-order chi connectivity index (χ1) is 8.17. The molecule has 1 nitrogen and oxygen atoms in total. The Morgan fingerprint density at radius 1 is 1.29 bits per heavy atom. The summed E-state index contributed by atoms with van der Waals surface area (Å²) in [5.41, 5.74) is 1.17. The Morgan fingerprint density at radius 2 is 2.00 bits per heavy atom. The second-order valence-electron chi connectivity index (χ2n) is 3.83. The summed E-state index contributed by atoms with van der Waals surface area (Å²) in [6.45, 7) is 7.72. The van der Waals surface area contributed by atoms with Crippen molar-refractivity contribution in [1.29, 1.82) is 0 Å². The van der Waals surface area contributed by atoms with Crippen LogP contribution in [-0.2, 0) is 5.75 Å². The highest BCUT2D eigenvalue weighted by atomic mass is 79.9. The first kappa shape index (κ1) is 15.0. The monoisotopic (exact) mass is 319 g/mol. The zero-order valence-corrected chi connectivity index (χ0v) is 12.8. The maximum atomic E-state index is 13.0. The van der Waals surface area contributed by atoms with Crippen LogP contribution in [0.25, 0.3) is 0 Å². The normalized spacial score (nSPS) is 11.1. The third kappa shape index (κ3) is 5.40. The molecule has 0 aliphatic rings. The molecule has 0 unspecified atom stereocenters. The topological polar surface area (TPSA) is 3.24 Å². The minimum Gasteiger partial charge on any atom is -0.303 e. The summed E-state index contributed by atoms with van der Waals surface area (Å²) in [6, 6.07) is 5.23. The molecule has 0 amide bonds. The number of nitrogens with zero attached hydrogens (tertiary/aromatic N) is 1. The van der Waals surface area contributed by atoms with Gasteiger partial charge >= 0.3 is 0 Å². The molecule has 1 aromatic rings. The van der Waals surface area contributed by atoms with Gasteiger partial charge in [0.05, 0.1) is 4.47 Å². The molecule has 0 aliphatic carbocycles. The van der Waals surface area contributed by atoms with Crippen LogP contribution in [-0.4, -0.2) is 30.3 Å². The highest BCUT2D eigenvalue weighted by Gasteiger charge is 2.02. The molecule has 1 aromatic carbocycles. The molecular formula is C13H19BrFNS. The van der Waals surface area contributed by atoms with Crippen molar-refractivity contribution in [3.63, 3.8) is 0 Å². The maximum Gasteiger partial charge on any atom is 0.137 e. The fourth-order valence-corrected chi connectivity index (χ4v) is 2.93. The van der Waals surface area contributed by atoms with Gasteiger partial charge in [0.25, 0.3) is 0 Å². The Kier molecular flexibility index (Phi) is 7.16. The molecular weight excluding hydrogens is 301 g/mol. The van der Waals surface area contributed by atoms with Crippen molar-refractivity contribution >= 4 is 27.7 Å². The molecule has 1 rings (SSSR count). The summed E-state index contributed by atoms with van der Waals surface area (Å²) in [5, 5.41) is 0. The Labute approximate surface area is 116 Å². The number of hydrogen-bond acceptors (Lipinski definition) is 2. The van der Waals surface area contributed by atoms with Gasteiger partial charge in [-0.05, 0) is 46.7 Å². The van der Waals surface area contributed by atoms with Crippen molar-refractivity contribution in [2.75, 3.05) is 25.4 Å². The fourth-order valence-electron chi connectivity index (χ4n) is 1.55. The molecule has 0 radical (unpaired) electrons. The van der Waals surface area contributed by atoms with Crippen LogP contribution in [0.2, 0.25) is 0 Å². The predicted molar refractivity (Wildman–Crippen MR) is 78.1 cm³/mol. The third-order valence-electron chi connectivity index (χ3n) is 2.70. The molecule has 96 valence electrons. The van der Waals surface area contributed by atoms with Gasteiger partial charge in [-0.25, -0.2) is 4.39 Å². The van der Waals surface area contributed by atoms with E-state index >= 15 is 0 Å². The maximum absolute atomic E-state index is 13.0. The Balaban J connectivity index is 2.28. The molecule has 0 heterocycles. The summed E-state index contributed by atoms with van der Waals surface area (Å²) >= 11 is 5.10. The summed E-state index contributed by atoms with van der Waals surface area (Å²) in [7, 11) is 0. The van der Waals surface area contributed by atoms with Gasteiger partial charge in [-0.15, -0.1) is 0 Å². The van der Waals surface area contributed by atoms with E-state index in [1.165, 1.54) is 11.6 Å². The van der Waals surface area contributed by atoms with E-state index in [0.29, 0.717) is 4.47 Å². The fraction of sp³-hybridized carbons (Fsp3) is 0.538. The van der Waals surface area contributed by atoms with Crippen molar-refractivity contribution in [3.8, 4) is 0 Å². The van der Waals surface area contributed by atoms with Gasteiger partial charge in [-0.3, -0.25) is 0 Å².